The lowest BCUT2D eigenvalue weighted by atomic mass is 10.1. The molecule has 0 aliphatic carbocycles. The monoisotopic (exact) mass is 329 g/mol. The smallest absolute Gasteiger partial charge is 0.310 e. The van der Waals surface area contributed by atoms with Crippen LogP contribution in [0.15, 0.2) is 41.0 Å². The third kappa shape index (κ3) is 4.47. The lowest BCUT2D eigenvalue weighted by Crippen LogP contribution is -2.35. The average molecular weight is 329 g/mol. The molecule has 0 saturated heterocycles. The van der Waals surface area contributed by atoms with E-state index >= 15 is 0 Å². The van der Waals surface area contributed by atoms with Crippen molar-refractivity contribution in [2.24, 2.45) is 0 Å². The van der Waals surface area contributed by atoms with Crippen molar-refractivity contribution in [2.45, 2.75) is 27.2 Å². The third-order valence-corrected chi connectivity index (χ3v) is 3.70. The molecule has 24 heavy (non-hydrogen) atoms. The fourth-order valence-corrected chi connectivity index (χ4v) is 2.47. The van der Waals surface area contributed by atoms with Crippen LogP contribution in [-0.2, 0) is 20.7 Å². The number of nitrogens with zero attached hydrogens (tertiary/aromatic N) is 1. The molecule has 0 bridgehead atoms. The molecule has 1 aromatic heterocycles. The van der Waals surface area contributed by atoms with Crippen LogP contribution >= 0.6 is 0 Å². The molecular weight excluding hydrogens is 306 g/mol. The maximum atomic E-state index is 12.1. The second-order valence-corrected chi connectivity index (χ2v) is 5.96. The molecule has 0 saturated carbocycles. The van der Waals surface area contributed by atoms with Crippen molar-refractivity contribution in [3.05, 3.63) is 47.7 Å². The molecule has 1 heterocycles. The van der Waals surface area contributed by atoms with E-state index in [1.54, 1.807) is 11.2 Å². The van der Waals surface area contributed by atoms with E-state index in [0.29, 0.717) is 13.1 Å². The Labute approximate surface area is 141 Å². The summed E-state index contributed by atoms with van der Waals surface area (Å²) >= 11 is 0. The molecule has 0 radical (unpaired) electrons. The number of fused-ring (bicyclic) bond motifs is 1. The predicted octanol–water partition coefficient (Wildman–Crippen LogP) is 3.25. The topological polar surface area (TPSA) is 59.8 Å². The van der Waals surface area contributed by atoms with Crippen LogP contribution in [0, 0.1) is 6.92 Å². The van der Waals surface area contributed by atoms with E-state index < -0.39 is 5.97 Å². The van der Waals surface area contributed by atoms with E-state index in [4.69, 9.17) is 9.15 Å². The number of likely N-dealkylation sites (N-methyl/N-ethyl adjacent to an activating group) is 1. The van der Waals surface area contributed by atoms with Crippen molar-refractivity contribution >= 4 is 22.8 Å². The zero-order valence-corrected chi connectivity index (χ0v) is 14.4. The Morgan fingerprint density at radius 2 is 2.08 bits per heavy atom. The number of carbonyl (C=O) groups is 2. The van der Waals surface area contributed by atoms with Crippen molar-refractivity contribution < 1.29 is 18.7 Å². The minimum atomic E-state index is -0.446. The van der Waals surface area contributed by atoms with Gasteiger partial charge in [-0.05, 0) is 32.4 Å². The minimum Gasteiger partial charge on any atom is -0.464 e. The molecular formula is C19H23NO4. The molecule has 1 amide bonds. The number of aryl methyl sites for hydroxylation is 1. The van der Waals surface area contributed by atoms with Gasteiger partial charge in [0.15, 0.2) is 6.61 Å². The van der Waals surface area contributed by atoms with E-state index in [1.807, 2.05) is 39.0 Å². The van der Waals surface area contributed by atoms with Gasteiger partial charge in [0.25, 0.3) is 5.91 Å². The Bertz CT molecular complexity index is 760. The molecule has 1 aromatic carbocycles. The second-order valence-electron chi connectivity index (χ2n) is 5.96. The van der Waals surface area contributed by atoms with Gasteiger partial charge in [0.2, 0.25) is 0 Å². The first-order valence-corrected chi connectivity index (χ1v) is 7.95. The van der Waals surface area contributed by atoms with Crippen LogP contribution < -0.4 is 0 Å². The lowest BCUT2D eigenvalue weighted by molar-refractivity contribution is -0.151. The third-order valence-electron chi connectivity index (χ3n) is 3.70. The quantitative estimate of drug-likeness (QED) is 0.578. The molecule has 0 aliphatic heterocycles. The number of hydrogen-bond donors (Lipinski definition) is 0. The zero-order valence-electron chi connectivity index (χ0n) is 14.4. The largest absolute Gasteiger partial charge is 0.464 e. The van der Waals surface area contributed by atoms with Crippen molar-refractivity contribution in [3.63, 3.8) is 0 Å². The molecule has 0 spiro atoms. The Kier molecular flexibility index (Phi) is 5.79. The summed E-state index contributed by atoms with van der Waals surface area (Å²) in [6, 6.07) is 5.81. The van der Waals surface area contributed by atoms with E-state index in [1.165, 1.54) is 0 Å². The van der Waals surface area contributed by atoms with Gasteiger partial charge in [0.05, 0.1) is 12.7 Å². The first-order chi connectivity index (χ1) is 11.4. The Morgan fingerprint density at radius 1 is 1.33 bits per heavy atom. The van der Waals surface area contributed by atoms with E-state index in [0.717, 1.165) is 27.7 Å². The summed E-state index contributed by atoms with van der Waals surface area (Å²) in [5, 5.41) is 0.890. The number of hydrogen-bond acceptors (Lipinski definition) is 4. The van der Waals surface area contributed by atoms with Gasteiger partial charge in [0, 0.05) is 24.0 Å². The van der Waals surface area contributed by atoms with Crippen LogP contribution in [0.1, 0.15) is 25.0 Å². The molecule has 2 aromatic rings. The Balaban J connectivity index is 1.93. The van der Waals surface area contributed by atoms with Gasteiger partial charge in [-0.3, -0.25) is 9.59 Å². The first kappa shape index (κ1) is 17.8. The van der Waals surface area contributed by atoms with Crippen LogP contribution in [0.5, 0.6) is 0 Å². The molecule has 0 N–H and O–H groups in total. The number of esters is 1. The van der Waals surface area contributed by atoms with E-state index in [2.05, 4.69) is 6.58 Å². The van der Waals surface area contributed by atoms with Gasteiger partial charge in [-0.1, -0.05) is 24.3 Å². The van der Waals surface area contributed by atoms with Crippen molar-refractivity contribution in [1.29, 1.82) is 0 Å². The van der Waals surface area contributed by atoms with Crippen molar-refractivity contribution in [2.75, 3.05) is 19.7 Å². The molecule has 5 heteroatoms. The van der Waals surface area contributed by atoms with Crippen LogP contribution in [0.2, 0.25) is 0 Å². The molecule has 2 rings (SSSR count). The highest BCUT2D eigenvalue weighted by Crippen LogP contribution is 2.22. The molecule has 0 aliphatic rings. The number of rotatable bonds is 7. The summed E-state index contributed by atoms with van der Waals surface area (Å²) in [5.74, 6) is -0.667. The van der Waals surface area contributed by atoms with Crippen LogP contribution in [0.4, 0.5) is 0 Å². The van der Waals surface area contributed by atoms with Gasteiger partial charge in [-0.2, -0.15) is 0 Å². The maximum Gasteiger partial charge on any atom is 0.310 e. The zero-order chi connectivity index (χ0) is 17.7. The number of amides is 1. The Hall–Kier alpha value is -2.56. The SMILES string of the molecule is C=C(C)CN(CC)C(=O)COC(=O)Cc1coc2cc(C)ccc12. The summed E-state index contributed by atoms with van der Waals surface area (Å²) < 4.78 is 10.6. The summed E-state index contributed by atoms with van der Waals surface area (Å²) in [4.78, 5) is 25.7. The molecule has 0 unspecified atom stereocenters. The van der Waals surface area contributed by atoms with E-state index in [-0.39, 0.29) is 18.9 Å². The second kappa shape index (κ2) is 7.81. The van der Waals surface area contributed by atoms with Crippen LogP contribution in [-0.4, -0.2) is 36.5 Å². The van der Waals surface area contributed by atoms with Gasteiger partial charge in [-0.25, -0.2) is 0 Å². The normalized spacial score (nSPS) is 10.6. The predicted molar refractivity (Wildman–Crippen MR) is 92.7 cm³/mol. The van der Waals surface area contributed by atoms with Crippen molar-refractivity contribution in [1.82, 2.24) is 4.90 Å². The summed E-state index contributed by atoms with van der Waals surface area (Å²) in [6.07, 6.45) is 1.64. The Morgan fingerprint density at radius 3 is 2.75 bits per heavy atom. The van der Waals surface area contributed by atoms with Gasteiger partial charge in [-0.15, -0.1) is 0 Å². The highest BCUT2D eigenvalue weighted by molar-refractivity contribution is 5.87. The molecule has 128 valence electrons. The lowest BCUT2D eigenvalue weighted by Gasteiger charge is -2.20. The number of carbonyl (C=O) groups excluding carboxylic acids is 2. The van der Waals surface area contributed by atoms with Crippen LogP contribution in [0.3, 0.4) is 0 Å². The van der Waals surface area contributed by atoms with Gasteiger partial charge < -0.3 is 14.1 Å². The summed E-state index contributed by atoms with van der Waals surface area (Å²) in [5.41, 5.74) is 3.48. The van der Waals surface area contributed by atoms with Crippen molar-refractivity contribution in [3.8, 4) is 0 Å². The number of benzene rings is 1. The molecule has 0 fully saturated rings. The van der Waals surface area contributed by atoms with Gasteiger partial charge in [0.1, 0.15) is 5.58 Å². The number of ether oxygens (including phenoxy) is 1. The first-order valence-electron chi connectivity index (χ1n) is 7.95. The highest BCUT2D eigenvalue weighted by atomic mass is 16.5. The minimum absolute atomic E-state index is 0.0793. The number of furan rings is 1. The maximum absolute atomic E-state index is 12.1. The summed E-state index contributed by atoms with van der Waals surface area (Å²) in [6.45, 7) is 10.3. The molecule has 0 atom stereocenters. The fourth-order valence-electron chi connectivity index (χ4n) is 2.47. The fraction of sp³-hybridized carbons (Fsp3) is 0.368. The summed E-state index contributed by atoms with van der Waals surface area (Å²) in [7, 11) is 0. The molecule has 5 nitrogen and oxygen atoms in total. The van der Waals surface area contributed by atoms with Crippen LogP contribution in [0.25, 0.3) is 11.0 Å². The van der Waals surface area contributed by atoms with Gasteiger partial charge >= 0.3 is 5.97 Å². The standard InChI is InChI=1S/C19H23NO4/c1-5-20(10-13(2)3)18(21)12-24-19(22)9-15-11-23-17-8-14(4)6-7-16(15)17/h6-8,11H,2,5,9-10,12H2,1,3-4H3. The van der Waals surface area contributed by atoms with E-state index in [9.17, 15) is 9.59 Å². The highest BCUT2D eigenvalue weighted by Gasteiger charge is 2.16. The average Bonchev–Trinajstić information content (AvgIpc) is 2.92.